The molecule has 2 fully saturated rings. The third-order valence-electron chi connectivity index (χ3n) is 3.77. The van der Waals surface area contributed by atoms with Gasteiger partial charge in [0.15, 0.2) is 0 Å². The van der Waals surface area contributed by atoms with E-state index in [4.69, 9.17) is 0 Å². The van der Waals surface area contributed by atoms with Crippen LogP contribution in [0.3, 0.4) is 0 Å². The second kappa shape index (κ2) is 5.80. The Hall–Kier alpha value is -0.650. The zero-order chi connectivity index (χ0) is 12.3. The second-order valence-corrected chi connectivity index (χ2v) is 5.06. The molecular formula is C12H24N4O. The zero-order valence-electron chi connectivity index (χ0n) is 10.9. The SMILES string of the molecule is CCNC(=O)C1CNCCN1C1CCN(C)C1. The number of nitrogens with zero attached hydrogens (tertiary/aromatic N) is 2. The van der Waals surface area contributed by atoms with Crippen LogP contribution in [0.15, 0.2) is 0 Å². The van der Waals surface area contributed by atoms with Crippen LogP contribution in [0, 0.1) is 0 Å². The smallest absolute Gasteiger partial charge is 0.238 e. The Kier molecular flexibility index (Phi) is 4.36. The highest BCUT2D eigenvalue weighted by Gasteiger charge is 2.35. The fraction of sp³-hybridized carbons (Fsp3) is 0.917. The fourth-order valence-electron chi connectivity index (χ4n) is 2.87. The third kappa shape index (κ3) is 2.97. The van der Waals surface area contributed by atoms with E-state index in [-0.39, 0.29) is 11.9 Å². The number of piperazine rings is 1. The van der Waals surface area contributed by atoms with Gasteiger partial charge in [-0.1, -0.05) is 0 Å². The van der Waals surface area contributed by atoms with E-state index in [9.17, 15) is 4.79 Å². The molecule has 98 valence electrons. The molecule has 17 heavy (non-hydrogen) atoms. The van der Waals surface area contributed by atoms with E-state index in [1.165, 1.54) is 6.42 Å². The van der Waals surface area contributed by atoms with Gasteiger partial charge in [0.25, 0.3) is 0 Å². The number of hydrogen-bond donors (Lipinski definition) is 2. The van der Waals surface area contributed by atoms with Crippen LogP contribution >= 0.6 is 0 Å². The van der Waals surface area contributed by atoms with Crippen LogP contribution in [0.25, 0.3) is 0 Å². The van der Waals surface area contributed by atoms with E-state index in [1.807, 2.05) is 6.92 Å². The minimum Gasteiger partial charge on any atom is -0.355 e. The van der Waals surface area contributed by atoms with Crippen molar-refractivity contribution < 1.29 is 4.79 Å². The lowest BCUT2D eigenvalue weighted by atomic mass is 10.1. The summed E-state index contributed by atoms with van der Waals surface area (Å²) in [5.74, 6) is 0.175. The molecule has 2 aliphatic heterocycles. The molecule has 2 atom stereocenters. The molecule has 2 saturated heterocycles. The maximum absolute atomic E-state index is 12.0. The molecule has 2 aliphatic rings. The highest BCUT2D eigenvalue weighted by molar-refractivity contribution is 5.82. The number of hydrogen-bond acceptors (Lipinski definition) is 4. The summed E-state index contributed by atoms with van der Waals surface area (Å²) in [6.07, 6.45) is 1.19. The molecule has 2 heterocycles. The molecule has 0 saturated carbocycles. The first-order valence-electron chi connectivity index (χ1n) is 6.65. The van der Waals surface area contributed by atoms with E-state index in [2.05, 4.69) is 27.5 Å². The Morgan fingerprint density at radius 1 is 1.47 bits per heavy atom. The number of rotatable bonds is 3. The third-order valence-corrected chi connectivity index (χ3v) is 3.77. The average Bonchev–Trinajstić information content (AvgIpc) is 2.76. The maximum atomic E-state index is 12.0. The molecule has 1 amide bonds. The molecule has 0 aromatic rings. The summed E-state index contributed by atoms with van der Waals surface area (Å²) in [5, 5.41) is 6.27. The number of likely N-dealkylation sites (tertiary alicyclic amines) is 1. The second-order valence-electron chi connectivity index (χ2n) is 5.06. The lowest BCUT2D eigenvalue weighted by Gasteiger charge is -2.39. The first-order valence-corrected chi connectivity index (χ1v) is 6.65. The lowest BCUT2D eigenvalue weighted by Crippen LogP contribution is -2.61. The van der Waals surface area contributed by atoms with Gasteiger partial charge in [-0.25, -0.2) is 0 Å². The molecule has 2 unspecified atom stereocenters. The average molecular weight is 240 g/mol. The normalized spacial score (nSPS) is 31.6. The predicted octanol–water partition coefficient (Wildman–Crippen LogP) is -0.900. The molecule has 0 spiro atoms. The van der Waals surface area contributed by atoms with E-state index in [1.54, 1.807) is 0 Å². The summed E-state index contributed by atoms with van der Waals surface area (Å²) in [6.45, 7) is 7.70. The largest absolute Gasteiger partial charge is 0.355 e. The van der Waals surface area contributed by atoms with E-state index in [0.717, 1.165) is 32.7 Å². The molecule has 0 aliphatic carbocycles. The molecule has 2 rings (SSSR count). The van der Waals surface area contributed by atoms with E-state index in [0.29, 0.717) is 12.6 Å². The molecule has 5 nitrogen and oxygen atoms in total. The minimum absolute atomic E-state index is 0.0141. The van der Waals surface area contributed by atoms with Crippen LogP contribution in [0.2, 0.25) is 0 Å². The summed E-state index contributed by atoms with van der Waals surface area (Å²) in [7, 11) is 2.16. The quantitative estimate of drug-likeness (QED) is 0.671. The number of carbonyl (C=O) groups is 1. The number of amides is 1. The predicted molar refractivity (Wildman–Crippen MR) is 67.9 cm³/mol. The topological polar surface area (TPSA) is 47.6 Å². The van der Waals surface area contributed by atoms with Crippen molar-refractivity contribution in [1.29, 1.82) is 0 Å². The van der Waals surface area contributed by atoms with Crippen LogP contribution in [0.5, 0.6) is 0 Å². The lowest BCUT2D eigenvalue weighted by molar-refractivity contribution is -0.127. The van der Waals surface area contributed by atoms with Gasteiger partial charge in [0.05, 0.1) is 0 Å². The van der Waals surface area contributed by atoms with Crippen LogP contribution in [0.4, 0.5) is 0 Å². The molecule has 0 radical (unpaired) electrons. The molecular weight excluding hydrogens is 216 g/mol. The zero-order valence-corrected chi connectivity index (χ0v) is 10.9. The minimum atomic E-state index is 0.0141. The Bertz CT molecular complexity index is 271. The van der Waals surface area contributed by atoms with Crippen molar-refractivity contribution in [2.24, 2.45) is 0 Å². The van der Waals surface area contributed by atoms with Crippen LogP contribution < -0.4 is 10.6 Å². The molecule has 0 aromatic carbocycles. The fourth-order valence-corrected chi connectivity index (χ4v) is 2.87. The molecule has 2 N–H and O–H groups in total. The summed E-state index contributed by atoms with van der Waals surface area (Å²) in [4.78, 5) is 16.8. The first kappa shape index (κ1) is 12.8. The number of nitrogens with one attached hydrogen (secondary N) is 2. The molecule has 0 aromatic heterocycles. The Morgan fingerprint density at radius 3 is 2.94 bits per heavy atom. The van der Waals surface area contributed by atoms with Gasteiger partial charge in [-0.3, -0.25) is 9.69 Å². The molecule has 0 bridgehead atoms. The Labute approximate surface area is 104 Å². The van der Waals surface area contributed by atoms with Crippen molar-refractivity contribution >= 4 is 5.91 Å². The van der Waals surface area contributed by atoms with Crippen molar-refractivity contribution in [3.63, 3.8) is 0 Å². The van der Waals surface area contributed by atoms with Gasteiger partial charge >= 0.3 is 0 Å². The van der Waals surface area contributed by atoms with Crippen LogP contribution in [-0.2, 0) is 4.79 Å². The van der Waals surface area contributed by atoms with Crippen molar-refractivity contribution in [2.45, 2.75) is 25.4 Å². The van der Waals surface area contributed by atoms with Crippen molar-refractivity contribution in [2.75, 3.05) is 46.3 Å². The summed E-state index contributed by atoms with van der Waals surface area (Å²) in [5.41, 5.74) is 0. The highest BCUT2D eigenvalue weighted by Crippen LogP contribution is 2.18. The Morgan fingerprint density at radius 2 is 2.29 bits per heavy atom. The van der Waals surface area contributed by atoms with Gasteiger partial charge in [0.1, 0.15) is 6.04 Å². The van der Waals surface area contributed by atoms with Crippen LogP contribution in [-0.4, -0.2) is 74.1 Å². The monoisotopic (exact) mass is 240 g/mol. The van der Waals surface area contributed by atoms with Crippen molar-refractivity contribution in [3.05, 3.63) is 0 Å². The van der Waals surface area contributed by atoms with Gasteiger partial charge in [-0.05, 0) is 26.9 Å². The van der Waals surface area contributed by atoms with Gasteiger partial charge < -0.3 is 15.5 Å². The first-order chi connectivity index (χ1) is 8.22. The van der Waals surface area contributed by atoms with Crippen molar-refractivity contribution in [3.8, 4) is 0 Å². The molecule has 5 heteroatoms. The van der Waals surface area contributed by atoms with Gasteiger partial charge in [-0.15, -0.1) is 0 Å². The van der Waals surface area contributed by atoms with Crippen molar-refractivity contribution in [1.82, 2.24) is 20.4 Å². The summed E-state index contributed by atoms with van der Waals surface area (Å²) in [6, 6.07) is 0.565. The van der Waals surface area contributed by atoms with Crippen LogP contribution in [0.1, 0.15) is 13.3 Å². The van der Waals surface area contributed by atoms with E-state index < -0.39 is 0 Å². The van der Waals surface area contributed by atoms with E-state index >= 15 is 0 Å². The highest BCUT2D eigenvalue weighted by atomic mass is 16.2. The Balaban J connectivity index is 1.99. The van der Waals surface area contributed by atoms with Gasteiger partial charge in [0, 0.05) is 38.8 Å². The standard InChI is InChI=1S/C12H24N4O/c1-3-14-12(17)11-8-13-5-7-16(11)10-4-6-15(2)9-10/h10-11,13H,3-9H2,1-2H3,(H,14,17). The number of carbonyl (C=O) groups excluding carboxylic acids is 1. The van der Waals surface area contributed by atoms with Gasteiger partial charge in [-0.2, -0.15) is 0 Å². The number of likely N-dealkylation sites (N-methyl/N-ethyl adjacent to an activating group) is 2. The summed E-state index contributed by atoms with van der Waals surface area (Å²) < 4.78 is 0. The maximum Gasteiger partial charge on any atom is 0.238 e. The summed E-state index contributed by atoms with van der Waals surface area (Å²) >= 11 is 0. The van der Waals surface area contributed by atoms with Gasteiger partial charge in [0.2, 0.25) is 5.91 Å².